The van der Waals surface area contributed by atoms with Crippen LogP contribution in [0.25, 0.3) is 0 Å². The van der Waals surface area contributed by atoms with Gasteiger partial charge in [-0.05, 0) is 81.1 Å². The summed E-state index contributed by atoms with van der Waals surface area (Å²) in [4.78, 5) is 39.9. The molecule has 186 valence electrons. The summed E-state index contributed by atoms with van der Waals surface area (Å²) in [6.07, 6.45) is 0.0880. The Hall–Kier alpha value is -2.88. The van der Waals surface area contributed by atoms with E-state index in [0.717, 1.165) is 27.2 Å². The minimum Gasteiger partial charge on any atom is -0.322 e. The standard InChI is InChI=1S/C26H31N3O5S/c1-16-14-17(2)19(4)25(18(16)3)35(33,34)28-12-10-27(11-13-28)23-15-24(31)29(26(23)32)22-8-6-21(7-9-22)20(5)30/h6-9,14,23H,10-13,15H2,1-5H3/p+1/t23-/m0/s1. The normalized spacial score (nSPS) is 20.0. The summed E-state index contributed by atoms with van der Waals surface area (Å²) in [6.45, 7) is 10.5. The number of sulfonamides is 1. The lowest BCUT2D eigenvalue weighted by atomic mass is 10.0. The first-order valence-corrected chi connectivity index (χ1v) is 13.3. The quantitative estimate of drug-likeness (QED) is 0.496. The Morgan fingerprint density at radius 3 is 2.00 bits per heavy atom. The van der Waals surface area contributed by atoms with E-state index in [4.69, 9.17) is 0 Å². The Kier molecular flexibility index (Phi) is 6.70. The number of hydrogen-bond donors (Lipinski definition) is 1. The molecule has 1 atom stereocenters. The van der Waals surface area contributed by atoms with Crippen LogP contribution in [-0.2, 0) is 19.6 Å². The predicted molar refractivity (Wildman–Crippen MR) is 132 cm³/mol. The largest absolute Gasteiger partial charge is 0.322 e. The highest BCUT2D eigenvalue weighted by Gasteiger charge is 2.47. The lowest BCUT2D eigenvalue weighted by Crippen LogP contribution is -3.19. The van der Waals surface area contributed by atoms with E-state index >= 15 is 0 Å². The summed E-state index contributed by atoms with van der Waals surface area (Å²) < 4.78 is 28.6. The number of amides is 2. The van der Waals surface area contributed by atoms with Crippen molar-refractivity contribution in [1.29, 1.82) is 0 Å². The van der Waals surface area contributed by atoms with Crippen molar-refractivity contribution in [3.8, 4) is 0 Å². The van der Waals surface area contributed by atoms with Crippen LogP contribution in [-0.4, -0.2) is 62.5 Å². The second kappa shape index (κ2) is 9.29. The summed E-state index contributed by atoms with van der Waals surface area (Å²) in [7, 11) is -3.67. The molecule has 2 aromatic carbocycles. The second-order valence-corrected chi connectivity index (χ2v) is 11.5. The molecule has 9 heteroatoms. The fourth-order valence-electron chi connectivity index (χ4n) is 5.13. The Balaban J connectivity index is 1.49. The highest BCUT2D eigenvalue weighted by Crippen LogP contribution is 2.29. The Labute approximate surface area is 206 Å². The average Bonchev–Trinajstić information content (AvgIpc) is 3.11. The fraction of sp³-hybridized carbons (Fsp3) is 0.423. The van der Waals surface area contributed by atoms with E-state index in [0.29, 0.717) is 29.2 Å². The summed E-state index contributed by atoms with van der Waals surface area (Å²) in [5, 5.41) is 0. The molecule has 0 spiro atoms. The summed E-state index contributed by atoms with van der Waals surface area (Å²) in [6, 6.07) is 7.92. The van der Waals surface area contributed by atoms with Gasteiger partial charge in [0.15, 0.2) is 11.8 Å². The smallest absolute Gasteiger partial charge is 0.292 e. The molecule has 0 radical (unpaired) electrons. The second-order valence-electron chi connectivity index (χ2n) is 9.58. The first-order valence-electron chi connectivity index (χ1n) is 11.8. The zero-order chi connectivity index (χ0) is 25.7. The van der Waals surface area contributed by atoms with Gasteiger partial charge in [-0.3, -0.25) is 14.4 Å². The minimum atomic E-state index is -3.67. The first-order chi connectivity index (χ1) is 16.4. The van der Waals surface area contributed by atoms with Gasteiger partial charge in [-0.25, -0.2) is 13.3 Å². The van der Waals surface area contributed by atoms with Gasteiger partial charge in [0.25, 0.3) is 5.91 Å². The van der Waals surface area contributed by atoms with E-state index < -0.39 is 16.1 Å². The average molecular weight is 499 g/mol. The van der Waals surface area contributed by atoms with E-state index in [2.05, 4.69) is 0 Å². The van der Waals surface area contributed by atoms with E-state index in [1.807, 2.05) is 33.8 Å². The van der Waals surface area contributed by atoms with Crippen molar-refractivity contribution in [2.24, 2.45) is 0 Å². The zero-order valence-corrected chi connectivity index (χ0v) is 21.7. The van der Waals surface area contributed by atoms with Crippen LogP contribution < -0.4 is 9.80 Å². The third-order valence-corrected chi connectivity index (χ3v) is 9.60. The molecule has 2 fully saturated rings. The van der Waals surface area contributed by atoms with Crippen LogP contribution in [0, 0.1) is 27.7 Å². The van der Waals surface area contributed by atoms with Gasteiger partial charge in [-0.1, -0.05) is 6.07 Å². The van der Waals surface area contributed by atoms with Crippen LogP contribution in [0.15, 0.2) is 35.2 Å². The van der Waals surface area contributed by atoms with Gasteiger partial charge < -0.3 is 4.90 Å². The number of rotatable bonds is 5. The van der Waals surface area contributed by atoms with Crippen molar-refractivity contribution in [1.82, 2.24) is 4.31 Å². The number of aryl methyl sites for hydroxylation is 2. The fourth-order valence-corrected chi connectivity index (χ4v) is 7.14. The third kappa shape index (κ3) is 4.44. The van der Waals surface area contributed by atoms with Crippen LogP contribution >= 0.6 is 0 Å². The maximum Gasteiger partial charge on any atom is 0.292 e. The summed E-state index contributed by atoms with van der Waals surface area (Å²) >= 11 is 0. The molecule has 0 aliphatic carbocycles. The molecule has 0 saturated carbocycles. The van der Waals surface area contributed by atoms with Crippen LogP contribution in [0.3, 0.4) is 0 Å². The van der Waals surface area contributed by atoms with Gasteiger partial charge >= 0.3 is 0 Å². The molecule has 1 N–H and O–H groups in total. The zero-order valence-electron chi connectivity index (χ0n) is 20.8. The third-order valence-electron chi connectivity index (χ3n) is 7.43. The number of quaternary nitrogens is 1. The number of carbonyl (C=O) groups is 3. The van der Waals surface area contributed by atoms with E-state index in [1.165, 1.54) is 16.1 Å². The molecule has 0 aromatic heterocycles. The minimum absolute atomic E-state index is 0.0861. The summed E-state index contributed by atoms with van der Waals surface area (Å²) in [5.74, 6) is -0.644. The number of ketones is 1. The van der Waals surface area contributed by atoms with Gasteiger partial charge in [0.1, 0.15) is 0 Å². The van der Waals surface area contributed by atoms with Crippen molar-refractivity contribution in [3.05, 3.63) is 58.1 Å². The first kappa shape index (κ1) is 25.2. The molecular weight excluding hydrogens is 466 g/mol. The number of anilines is 1. The number of Topliss-reactive ketones (excluding diaryl/α,β-unsaturated/α-hetero) is 1. The van der Waals surface area contributed by atoms with Gasteiger partial charge in [0, 0.05) is 5.56 Å². The summed E-state index contributed by atoms with van der Waals surface area (Å²) in [5.41, 5.74) is 4.40. The number of hydrogen-bond acceptors (Lipinski definition) is 5. The molecule has 2 saturated heterocycles. The number of piperazine rings is 1. The molecule has 0 bridgehead atoms. The molecule has 4 rings (SSSR count). The van der Waals surface area contributed by atoms with Crippen LogP contribution in [0.4, 0.5) is 5.69 Å². The maximum atomic E-state index is 13.6. The van der Waals surface area contributed by atoms with Crippen molar-refractivity contribution >= 4 is 33.3 Å². The van der Waals surface area contributed by atoms with E-state index in [9.17, 15) is 22.8 Å². The monoisotopic (exact) mass is 498 g/mol. The van der Waals surface area contributed by atoms with E-state index in [1.54, 1.807) is 24.3 Å². The predicted octanol–water partition coefficient (Wildman–Crippen LogP) is 1.34. The van der Waals surface area contributed by atoms with Crippen molar-refractivity contribution in [2.75, 3.05) is 31.1 Å². The lowest BCUT2D eigenvalue weighted by molar-refractivity contribution is -0.918. The van der Waals surface area contributed by atoms with Crippen LogP contribution in [0.5, 0.6) is 0 Å². The number of carbonyl (C=O) groups excluding carboxylic acids is 3. The molecule has 2 aliphatic heterocycles. The molecule has 2 aromatic rings. The highest BCUT2D eigenvalue weighted by molar-refractivity contribution is 7.89. The van der Waals surface area contributed by atoms with Crippen LogP contribution in [0.1, 0.15) is 46.0 Å². The molecule has 35 heavy (non-hydrogen) atoms. The van der Waals surface area contributed by atoms with Gasteiger partial charge in [-0.2, -0.15) is 4.31 Å². The maximum absolute atomic E-state index is 13.6. The van der Waals surface area contributed by atoms with Crippen molar-refractivity contribution < 1.29 is 27.7 Å². The number of benzene rings is 2. The Bertz CT molecular complexity index is 1280. The van der Waals surface area contributed by atoms with Crippen molar-refractivity contribution in [2.45, 2.75) is 52.0 Å². The molecule has 8 nitrogen and oxygen atoms in total. The van der Waals surface area contributed by atoms with Gasteiger partial charge in [-0.15, -0.1) is 0 Å². The molecular formula is C26H32N3O5S+. The Morgan fingerprint density at radius 1 is 0.943 bits per heavy atom. The number of imide groups is 1. The van der Waals surface area contributed by atoms with Gasteiger partial charge in [0.2, 0.25) is 15.9 Å². The molecule has 0 unspecified atom stereocenters. The Morgan fingerprint density at radius 2 is 1.49 bits per heavy atom. The lowest BCUT2D eigenvalue weighted by Gasteiger charge is -2.34. The van der Waals surface area contributed by atoms with Crippen molar-refractivity contribution in [3.63, 3.8) is 0 Å². The SMILES string of the molecule is CC(=O)c1ccc(N2C(=O)C[C@H]([NH+]3CCN(S(=O)(=O)c4c(C)c(C)cc(C)c4C)CC3)C2=O)cc1. The molecule has 2 aliphatic rings. The van der Waals surface area contributed by atoms with Gasteiger partial charge in [0.05, 0.1) is 43.2 Å². The number of nitrogens with one attached hydrogen (secondary N) is 1. The van der Waals surface area contributed by atoms with Crippen LogP contribution in [0.2, 0.25) is 0 Å². The molecule has 2 amide bonds. The van der Waals surface area contributed by atoms with E-state index in [-0.39, 0.29) is 37.1 Å². The number of nitrogens with zero attached hydrogens (tertiary/aromatic N) is 2. The highest BCUT2D eigenvalue weighted by atomic mass is 32.2. The molecule has 2 heterocycles. The topological polar surface area (TPSA) is 96.3 Å².